The van der Waals surface area contributed by atoms with Gasteiger partial charge >= 0.3 is 0 Å². The molecule has 1 N–H and O–H groups in total. The third kappa shape index (κ3) is 3.30. The van der Waals surface area contributed by atoms with Gasteiger partial charge in [-0.25, -0.2) is 0 Å². The lowest BCUT2D eigenvalue weighted by atomic mass is 9.89. The number of aromatic nitrogens is 5. The van der Waals surface area contributed by atoms with Gasteiger partial charge in [0.1, 0.15) is 5.82 Å². The molecular weight excluding hydrogens is 344 g/mol. The van der Waals surface area contributed by atoms with Crippen molar-refractivity contribution >= 4 is 22.8 Å². The van der Waals surface area contributed by atoms with Crippen LogP contribution in [0.2, 0.25) is 0 Å². The van der Waals surface area contributed by atoms with E-state index in [2.05, 4.69) is 50.9 Å². The van der Waals surface area contributed by atoms with Gasteiger partial charge in [-0.05, 0) is 41.1 Å². The molecule has 0 radical (unpaired) electrons. The van der Waals surface area contributed by atoms with Crippen LogP contribution >= 0.6 is 11.3 Å². The third-order valence-corrected chi connectivity index (χ3v) is 5.15. The molecular formula is C19H20N6S. The van der Waals surface area contributed by atoms with Gasteiger partial charge in [-0.15, -0.1) is 15.3 Å². The maximum absolute atomic E-state index is 4.69. The summed E-state index contributed by atoms with van der Waals surface area (Å²) < 4.78 is 1.79. The van der Waals surface area contributed by atoms with E-state index in [1.807, 2.05) is 42.0 Å². The average molecular weight is 364 g/mol. The van der Waals surface area contributed by atoms with Crippen LogP contribution in [0.1, 0.15) is 25.3 Å². The molecule has 0 spiro atoms. The fourth-order valence-corrected chi connectivity index (χ4v) is 3.64. The molecule has 0 fully saturated rings. The first-order valence-electron chi connectivity index (χ1n) is 8.61. The zero-order valence-corrected chi connectivity index (χ0v) is 15.5. The van der Waals surface area contributed by atoms with E-state index < -0.39 is 0 Å². The van der Waals surface area contributed by atoms with E-state index in [1.165, 1.54) is 5.56 Å². The molecule has 0 amide bonds. The zero-order chi connectivity index (χ0) is 17.9. The van der Waals surface area contributed by atoms with E-state index >= 15 is 0 Å². The van der Waals surface area contributed by atoms with E-state index in [9.17, 15) is 0 Å². The normalized spacial score (nSPS) is 12.6. The molecule has 7 heteroatoms. The Morgan fingerprint density at radius 1 is 1.15 bits per heavy atom. The van der Waals surface area contributed by atoms with Crippen LogP contribution in [0.25, 0.3) is 17.0 Å². The standard InChI is InChI=1S/C19H20N6S/c1-13(2)16(14-4-3-8-20-10-14)11-21-17-5-6-18-22-23-19(25(18)24-17)15-7-9-26-12-15/h3-10,12-13,16H,11H2,1-2H3,(H,21,24). The second kappa shape index (κ2) is 7.21. The molecule has 0 saturated carbocycles. The smallest absolute Gasteiger partial charge is 0.186 e. The van der Waals surface area contributed by atoms with Crippen LogP contribution < -0.4 is 5.32 Å². The molecule has 6 nitrogen and oxygen atoms in total. The van der Waals surface area contributed by atoms with Crippen LogP contribution in [0.5, 0.6) is 0 Å². The number of nitrogens with one attached hydrogen (secondary N) is 1. The van der Waals surface area contributed by atoms with E-state index in [0.717, 1.165) is 29.4 Å². The van der Waals surface area contributed by atoms with Crippen LogP contribution in [-0.4, -0.2) is 31.3 Å². The molecule has 4 rings (SSSR count). The molecule has 132 valence electrons. The first kappa shape index (κ1) is 16.7. The molecule has 4 aromatic heterocycles. The Bertz CT molecular complexity index is 978. The van der Waals surface area contributed by atoms with Crippen LogP contribution in [0.15, 0.2) is 53.5 Å². The summed E-state index contributed by atoms with van der Waals surface area (Å²) in [5.74, 6) is 2.42. The summed E-state index contributed by atoms with van der Waals surface area (Å²) in [7, 11) is 0. The summed E-state index contributed by atoms with van der Waals surface area (Å²) in [6.07, 6.45) is 3.75. The SMILES string of the molecule is CC(C)C(CNc1ccc2nnc(-c3ccsc3)n2n1)c1cccnc1. The highest BCUT2D eigenvalue weighted by Crippen LogP contribution is 2.25. The predicted octanol–water partition coefficient (Wildman–Crippen LogP) is 4.10. The summed E-state index contributed by atoms with van der Waals surface area (Å²) in [6.45, 7) is 5.24. The molecule has 1 unspecified atom stereocenters. The van der Waals surface area contributed by atoms with Crippen molar-refractivity contribution in [2.24, 2.45) is 5.92 Å². The largest absolute Gasteiger partial charge is 0.368 e. The van der Waals surface area contributed by atoms with Gasteiger partial charge in [-0.3, -0.25) is 4.98 Å². The molecule has 4 aromatic rings. The van der Waals surface area contributed by atoms with Crippen LogP contribution in [0, 0.1) is 5.92 Å². The second-order valence-corrected chi connectivity index (χ2v) is 7.32. The van der Waals surface area contributed by atoms with E-state index in [0.29, 0.717) is 11.8 Å². The van der Waals surface area contributed by atoms with Gasteiger partial charge in [-0.2, -0.15) is 15.9 Å². The lowest BCUT2D eigenvalue weighted by molar-refractivity contribution is 0.515. The minimum atomic E-state index is 0.360. The Labute approximate surface area is 155 Å². The van der Waals surface area contributed by atoms with Gasteiger partial charge in [0.2, 0.25) is 0 Å². The number of thiophene rings is 1. The van der Waals surface area contributed by atoms with Crippen LogP contribution in [0.3, 0.4) is 0 Å². The van der Waals surface area contributed by atoms with Crippen molar-refractivity contribution in [1.29, 1.82) is 0 Å². The van der Waals surface area contributed by atoms with Crippen molar-refractivity contribution in [3.05, 3.63) is 59.0 Å². The number of anilines is 1. The highest BCUT2D eigenvalue weighted by molar-refractivity contribution is 7.08. The fraction of sp³-hybridized carbons (Fsp3) is 0.263. The Hall–Kier alpha value is -2.80. The summed E-state index contributed by atoms with van der Waals surface area (Å²) in [4.78, 5) is 4.25. The van der Waals surface area contributed by atoms with E-state index in [4.69, 9.17) is 0 Å². The topological polar surface area (TPSA) is 68.0 Å². The van der Waals surface area contributed by atoms with Crippen molar-refractivity contribution in [1.82, 2.24) is 24.8 Å². The molecule has 1 atom stereocenters. The maximum atomic E-state index is 4.69. The molecule has 0 bridgehead atoms. The molecule has 4 heterocycles. The van der Waals surface area contributed by atoms with Crippen molar-refractivity contribution in [2.45, 2.75) is 19.8 Å². The van der Waals surface area contributed by atoms with Crippen LogP contribution in [0.4, 0.5) is 5.82 Å². The number of nitrogens with zero attached hydrogens (tertiary/aromatic N) is 5. The number of hydrogen-bond donors (Lipinski definition) is 1. The van der Waals surface area contributed by atoms with Crippen molar-refractivity contribution in [3.63, 3.8) is 0 Å². The monoisotopic (exact) mass is 364 g/mol. The summed E-state index contributed by atoms with van der Waals surface area (Å²) in [5, 5.41) is 20.7. The number of hydrogen-bond acceptors (Lipinski definition) is 6. The number of rotatable bonds is 6. The number of fused-ring (bicyclic) bond motifs is 1. The first-order chi connectivity index (χ1) is 12.7. The Morgan fingerprint density at radius 3 is 2.81 bits per heavy atom. The predicted molar refractivity (Wildman–Crippen MR) is 104 cm³/mol. The summed E-state index contributed by atoms with van der Waals surface area (Å²) in [5.41, 5.74) is 3.01. The lowest BCUT2D eigenvalue weighted by Crippen LogP contribution is -2.19. The minimum Gasteiger partial charge on any atom is -0.368 e. The highest BCUT2D eigenvalue weighted by Gasteiger charge is 2.16. The maximum Gasteiger partial charge on any atom is 0.186 e. The number of pyridine rings is 1. The Kier molecular flexibility index (Phi) is 4.62. The van der Waals surface area contributed by atoms with Gasteiger partial charge in [0, 0.05) is 35.8 Å². The van der Waals surface area contributed by atoms with Gasteiger partial charge in [0.15, 0.2) is 11.5 Å². The molecule has 0 aromatic carbocycles. The van der Waals surface area contributed by atoms with E-state index in [-0.39, 0.29) is 0 Å². The minimum absolute atomic E-state index is 0.360. The zero-order valence-electron chi connectivity index (χ0n) is 14.7. The first-order valence-corrected chi connectivity index (χ1v) is 9.55. The molecule has 0 aliphatic carbocycles. The van der Waals surface area contributed by atoms with Gasteiger partial charge in [0.05, 0.1) is 0 Å². The Balaban J connectivity index is 1.58. The average Bonchev–Trinajstić information content (AvgIpc) is 3.31. The molecule has 0 saturated heterocycles. The third-order valence-electron chi connectivity index (χ3n) is 4.46. The molecule has 0 aliphatic rings. The summed E-state index contributed by atoms with van der Waals surface area (Å²) in [6, 6.07) is 10.0. The lowest BCUT2D eigenvalue weighted by Gasteiger charge is -2.21. The Morgan fingerprint density at radius 2 is 2.08 bits per heavy atom. The summed E-state index contributed by atoms with van der Waals surface area (Å²) >= 11 is 1.64. The molecule has 26 heavy (non-hydrogen) atoms. The highest BCUT2D eigenvalue weighted by atomic mass is 32.1. The van der Waals surface area contributed by atoms with Crippen molar-refractivity contribution < 1.29 is 0 Å². The van der Waals surface area contributed by atoms with Gasteiger partial charge < -0.3 is 5.32 Å². The van der Waals surface area contributed by atoms with Gasteiger partial charge in [0.25, 0.3) is 0 Å². The second-order valence-electron chi connectivity index (χ2n) is 6.54. The van der Waals surface area contributed by atoms with Gasteiger partial charge in [-0.1, -0.05) is 19.9 Å². The van der Waals surface area contributed by atoms with Crippen LogP contribution in [-0.2, 0) is 0 Å². The fourth-order valence-electron chi connectivity index (χ4n) is 3.00. The van der Waals surface area contributed by atoms with E-state index in [1.54, 1.807) is 15.9 Å². The van der Waals surface area contributed by atoms with Crippen molar-refractivity contribution in [3.8, 4) is 11.4 Å². The van der Waals surface area contributed by atoms with Crippen molar-refractivity contribution in [2.75, 3.05) is 11.9 Å². The molecule has 0 aliphatic heterocycles. The quantitative estimate of drug-likeness (QED) is 0.558.